The summed E-state index contributed by atoms with van der Waals surface area (Å²) in [6, 6.07) is 7.66. The molecule has 0 aliphatic carbocycles. The Bertz CT molecular complexity index is 657. The van der Waals surface area contributed by atoms with Crippen molar-refractivity contribution in [2.24, 2.45) is 0 Å². The molecule has 0 saturated heterocycles. The van der Waals surface area contributed by atoms with Crippen LogP contribution in [0.25, 0.3) is 0 Å². The van der Waals surface area contributed by atoms with Gasteiger partial charge in [0.1, 0.15) is 11.6 Å². The fourth-order valence-corrected chi connectivity index (χ4v) is 2.49. The van der Waals surface area contributed by atoms with E-state index in [-0.39, 0.29) is 11.7 Å². The lowest BCUT2D eigenvalue weighted by atomic mass is 10.2. The summed E-state index contributed by atoms with van der Waals surface area (Å²) in [5, 5.41) is 2.72. The number of benzene rings is 1. The molecule has 0 unspecified atom stereocenters. The minimum atomic E-state index is -0.366. The number of pyridine rings is 1. The molecule has 6 heteroatoms. The first-order valence-electron chi connectivity index (χ1n) is 7.02. The Hall–Kier alpha value is -1.95. The average molecular weight is 366 g/mol. The molecule has 116 valence electrons. The number of nitrogens with zero attached hydrogens (tertiary/aromatic N) is 2. The second-order valence-electron chi connectivity index (χ2n) is 4.66. The highest BCUT2D eigenvalue weighted by Gasteiger charge is 2.10. The van der Waals surface area contributed by atoms with Gasteiger partial charge in [-0.15, -0.1) is 0 Å². The Morgan fingerprint density at radius 2 is 2.00 bits per heavy atom. The van der Waals surface area contributed by atoms with E-state index < -0.39 is 0 Å². The molecule has 0 radical (unpaired) electrons. The zero-order chi connectivity index (χ0) is 16.1. The first-order chi connectivity index (χ1) is 10.5. The van der Waals surface area contributed by atoms with Crippen molar-refractivity contribution in [2.75, 3.05) is 23.3 Å². The molecule has 1 heterocycles. The Morgan fingerprint density at radius 1 is 1.27 bits per heavy atom. The molecule has 0 spiro atoms. The molecular weight excluding hydrogens is 349 g/mol. The summed E-state index contributed by atoms with van der Waals surface area (Å²) in [4.78, 5) is 18.6. The van der Waals surface area contributed by atoms with Crippen LogP contribution in [0, 0.1) is 5.82 Å². The zero-order valence-corrected chi connectivity index (χ0v) is 14.0. The molecule has 1 aromatic heterocycles. The fourth-order valence-electron chi connectivity index (χ4n) is 2.04. The maximum atomic E-state index is 13.0. The van der Waals surface area contributed by atoms with Gasteiger partial charge in [0, 0.05) is 23.8 Å². The van der Waals surface area contributed by atoms with Gasteiger partial charge in [-0.25, -0.2) is 9.37 Å². The molecule has 1 amide bonds. The van der Waals surface area contributed by atoms with Gasteiger partial charge in [-0.05, 0) is 60.1 Å². The molecule has 0 saturated carbocycles. The SMILES string of the molecule is CCN(CC)c1ccc(C(=O)Nc2ccc(F)cc2Br)cn1. The summed E-state index contributed by atoms with van der Waals surface area (Å²) in [5.41, 5.74) is 0.964. The van der Waals surface area contributed by atoms with E-state index >= 15 is 0 Å². The highest BCUT2D eigenvalue weighted by atomic mass is 79.9. The molecule has 22 heavy (non-hydrogen) atoms. The Morgan fingerprint density at radius 3 is 2.55 bits per heavy atom. The van der Waals surface area contributed by atoms with Crippen LogP contribution in [0.1, 0.15) is 24.2 Å². The summed E-state index contributed by atoms with van der Waals surface area (Å²) >= 11 is 3.22. The van der Waals surface area contributed by atoms with E-state index in [1.54, 1.807) is 12.3 Å². The second kappa shape index (κ2) is 7.35. The topological polar surface area (TPSA) is 45.2 Å². The number of rotatable bonds is 5. The molecule has 0 aliphatic heterocycles. The smallest absolute Gasteiger partial charge is 0.257 e. The van der Waals surface area contributed by atoms with Gasteiger partial charge in [0.2, 0.25) is 0 Å². The molecule has 1 N–H and O–H groups in total. The molecule has 4 nitrogen and oxygen atoms in total. The summed E-state index contributed by atoms with van der Waals surface area (Å²) < 4.78 is 13.5. The van der Waals surface area contributed by atoms with Crippen molar-refractivity contribution in [3.05, 3.63) is 52.4 Å². The third-order valence-electron chi connectivity index (χ3n) is 3.28. The van der Waals surface area contributed by atoms with Crippen molar-refractivity contribution >= 4 is 33.3 Å². The predicted octanol–water partition coefficient (Wildman–Crippen LogP) is 4.08. The van der Waals surface area contributed by atoms with E-state index in [2.05, 4.69) is 45.0 Å². The number of aromatic nitrogens is 1. The highest BCUT2D eigenvalue weighted by Crippen LogP contribution is 2.23. The number of hydrogen-bond donors (Lipinski definition) is 1. The first-order valence-corrected chi connectivity index (χ1v) is 7.81. The lowest BCUT2D eigenvalue weighted by molar-refractivity contribution is 0.102. The number of hydrogen-bond acceptors (Lipinski definition) is 3. The Kier molecular flexibility index (Phi) is 5.49. The van der Waals surface area contributed by atoms with Gasteiger partial charge in [-0.1, -0.05) is 0 Å². The van der Waals surface area contributed by atoms with Crippen LogP contribution in [0.5, 0.6) is 0 Å². The maximum absolute atomic E-state index is 13.0. The quantitative estimate of drug-likeness (QED) is 0.867. The van der Waals surface area contributed by atoms with E-state index in [1.165, 1.54) is 18.2 Å². The number of carbonyl (C=O) groups excluding carboxylic acids is 1. The van der Waals surface area contributed by atoms with Gasteiger partial charge in [0.05, 0.1) is 11.3 Å². The lowest BCUT2D eigenvalue weighted by Crippen LogP contribution is -2.23. The molecule has 0 aliphatic rings. The zero-order valence-electron chi connectivity index (χ0n) is 12.4. The standard InChI is InChI=1S/C16H17BrFN3O/c1-3-21(4-2)15-8-5-11(10-19-15)16(22)20-14-7-6-12(18)9-13(14)17/h5-10H,3-4H2,1-2H3,(H,20,22). The lowest BCUT2D eigenvalue weighted by Gasteiger charge is -2.19. The van der Waals surface area contributed by atoms with E-state index in [0.717, 1.165) is 18.9 Å². The molecule has 0 atom stereocenters. The van der Waals surface area contributed by atoms with Crippen molar-refractivity contribution in [3.63, 3.8) is 0 Å². The largest absolute Gasteiger partial charge is 0.357 e. The third kappa shape index (κ3) is 3.82. The van der Waals surface area contributed by atoms with Crippen molar-refractivity contribution < 1.29 is 9.18 Å². The number of carbonyl (C=O) groups is 1. The van der Waals surface area contributed by atoms with Crippen molar-refractivity contribution in [2.45, 2.75) is 13.8 Å². The van der Waals surface area contributed by atoms with Crippen LogP contribution < -0.4 is 10.2 Å². The maximum Gasteiger partial charge on any atom is 0.257 e. The number of anilines is 2. The second-order valence-corrected chi connectivity index (χ2v) is 5.51. The normalized spacial score (nSPS) is 10.4. The fraction of sp³-hybridized carbons (Fsp3) is 0.250. The van der Waals surface area contributed by atoms with Crippen molar-refractivity contribution in [1.82, 2.24) is 4.98 Å². The van der Waals surface area contributed by atoms with Crippen LogP contribution in [-0.2, 0) is 0 Å². The van der Waals surface area contributed by atoms with E-state index in [1.807, 2.05) is 6.07 Å². The molecular formula is C16H17BrFN3O. The third-order valence-corrected chi connectivity index (χ3v) is 3.93. The van der Waals surface area contributed by atoms with Gasteiger partial charge in [0.15, 0.2) is 0 Å². The number of nitrogens with one attached hydrogen (secondary N) is 1. The van der Waals surface area contributed by atoms with Crippen LogP contribution in [0.3, 0.4) is 0 Å². The van der Waals surface area contributed by atoms with Gasteiger partial charge in [-0.2, -0.15) is 0 Å². The van der Waals surface area contributed by atoms with Gasteiger partial charge >= 0.3 is 0 Å². The first kappa shape index (κ1) is 16.4. The van der Waals surface area contributed by atoms with Crippen LogP contribution in [0.4, 0.5) is 15.9 Å². The molecule has 1 aromatic carbocycles. The monoisotopic (exact) mass is 365 g/mol. The average Bonchev–Trinajstić information content (AvgIpc) is 2.52. The molecule has 0 bridgehead atoms. The van der Waals surface area contributed by atoms with E-state index in [9.17, 15) is 9.18 Å². The van der Waals surface area contributed by atoms with E-state index in [4.69, 9.17) is 0 Å². The number of amides is 1. The minimum absolute atomic E-state index is 0.286. The summed E-state index contributed by atoms with van der Waals surface area (Å²) in [5.74, 6) is 0.186. The van der Waals surface area contributed by atoms with Crippen LogP contribution in [0.2, 0.25) is 0 Å². The summed E-state index contributed by atoms with van der Waals surface area (Å²) in [6.45, 7) is 5.82. The molecule has 2 aromatic rings. The summed E-state index contributed by atoms with van der Waals surface area (Å²) in [6.07, 6.45) is 1.54. The summed E-state index contributed by atoms with van der Waals surface area (Å²) in [7, 11) is 0. The van der Waals surface area contributed by atoms with Crippen LogP contribution in [0.15, 0.2) is 41.0 Å². The highest BCUT2D eigenvalue weighted by molar-refractivity contribution is 9.10. The minimum Gasteiger partial charge on any atom is -0.357 e. The van der Waals surface area contributed by atoms with Crippen LogP contribution in [-0.4, -0.2) is 24.0 Å². The Labute approximate surface area is 137 Å². The Balaban J connectivity index is 2.13. The van der Waals surface area contributed by atoms with Crippen molar-refractivity contribution in [1.29, 1.82) is 0 Å². The van der Waals surface area contributed by atoms with Crippen molar-refractivity contribution in [3.8, 4) is 0 Å². The van der Waals surface area contributed by atoms with Gasteiger partial charge in [-0.3, -0.25) is 4.79 Å². The predicted molar refractivity (Wildman–Crippen MR) is 89.9 cm³/mol. The molecule has 0 fully saturated rings. The molecule has 2 rings (SSSR count). The number of halogens is 2. The van der Waals surface area contributed by atoms with Crippen LogP contribution >= 0.6 is 15.9 Å². The van der Waals surface area contributed by atoms with Gasteiger partial charge < -0.3 is 10.2 Å². The van der Waals surface area contributed by atoms with Gasteiger partial charge in [0.25, 0.3) is 5.91 Å². The van der Waals surface area contributed by atoms with E-state index in [0.29, 0.717) is 15.7 Å².